The van der Waals surface area contributed by atoms with Gasteiger partial charge >= 0.3 is 0 Å². The van der Waals surface area contributed by atoms with Gasteiger partial charge in [-0.2, -0.15) is 4.98 Å². The number of rotatable bonds is 5. The van der Waals surface area contributed by atoms with Gasteiger partial charge in [0.15, 0.2) is 5.82 Å². The van der Waals surface area contributed by atoms with E-state index in [9.17, 15) is 0 Å². The summed E-state index contributed by atoms with van der Waals surface area (Å²) in [5.74, 6) is 0.934. The van der Waals surface area contributed by atoms with Crippen LogP contribution in [0.4, 0.5) is 0 Å². The lowest BCUT2D eigenvalue weighted by molar-refractivity contribution is 0.177. The summed E-state index contributed by atoms with van der Waals surface area (Å²) < 4.78 is 10.1. The summed E-state index contributed by atoms with van der Waals surface area (Å²) in [5, 5.41) is 4.51. The molecule has 0 bridgehead atoms. The standard InChI is InChI=1S/C12H14ClN3O2/c1-17-7-10(14)12-15-11(18-16-12)6-8-4-2-3-5-9(8)13/h2-5,10H,6-7,14H2,1H3. The van der Waals surface area contributed by atoms with Gasteiger partial charge in [-0.3, -0.25) is 0 Å². The third kappa shape index (κ3) is 3.07. The lowest BCUT2D eigenvalue weighted by Gasteiger charge is -2.03. The quantitative estimate of drug-likeness (QED) is 0.896. The zero-order valence-electron chi connectivity index (χ0n) is 9.97. The lowest BCUT2D eigenvalue weighted by atomic mass is 10.1. The molecule has 2 aromatic rings. The SMILES string of the molecule is COCC(N)c1noc(Cc2ccccc2Cl)n1. The van der Waals surface area contributed by atoms with Crippen molar-refractivity contribution in [2.45, 2.75) is 12.5 Å². The van der Waals surface area contributed by atoms with Crippen LogP contribution in [0.25, 0.3) is 0 Å². The van der Waals surface area contributed by atoms with Crippen LogP contribution in [0.15, 0.2) is 28.8 Å². The van der Waals surface area contributed by atoms with Gasteiger partial charge < -0.3 is 15.0 Å². The summed E-state index contributed by atoms with van der Waals surface area (Å²) in [6.45, 7) is 0.352. The van der Waals surface area contributed by atoms with Gasteiger partial charge in [-0.1, -0.05) is 35.0 Å². The van der Waals surface area contributed by atoms with Gasteiger partial charge in [-0.05, 0) is 11.6 Å². The molecule has 96 valence electrons. The summed E-state index contributed by atoms with van der Waals surface area (Å²) in [4.78, 5) is 4.22. The molecule has 6 heteroatoms. The molecule has 0 aliphatic carbocycles. The minimum absolute atomic E-state index is 0.352. The average Bonchev–Trinajstić information content (AvgIpc) is 2.81. The Morgan fingerprint density at radius 3 is 2.94 bits per heavy atom. The van der Waals surface area contributed by atoms with Gasteiger partial charge in [0.05, 0.1) is 19.1 Å². The third-order valence-electron chi connectivity index (χ3n) is 2.46. The topological polar surface area (TPSA) is 74.2 Å². The molecule has 1 heterocycles. The first-order valence-corrected chi connectivity index (χ1v) is 5.89. The van der Waals surface area contributed by atoms with Crippen molar-refractivity contribution in [3.8, 4) is 0 Å². The molecule has 1 unspecified atom stereocenters. The maximum atomic E-state index is 6.06. The van der Waals surface area contributed by atoms with E-state index in [0.717, 1.165) is 5.56 Å². The first-order chi connectivity index (χ1) is 8.70. The molecule has 0 aliphatic heterocycles. The Balaban J connectivity index is 2.09. The second kappa shape index (κ2) is 5.95. The molecule has 2 rings (SSSR count). The van der Waals surface area contributed by atoms with Gasteiger partial charge in [-0.25, -0.2) is 0 Å². The van der Waals surface area contributed by atoms with Gasteiger partial charge in [0.1, 0.15) is 0 Å². The Bertz CT molecular complexity index is 516. The molecular weight excluding hydrogens is 254 g/mol. The fourth-order valence-corrected chi connectivity index (χ4v) is 1.75. The van der Waals surface area contributed by atoms with Crippen molar-refractivity contribution in [2.24, 2.45) is 5.73 Å². The van der Waals surface area contributed by atoms with Crippen LogP contribution in [0.3, 0.4) is 0 Å². The van der Waals surface area contributed by atoms with Gasteiger partial charge in [0, 0.05) is 12.1 Å². The van der Waals surface area contributed by atoms with E-state index in [1.54, 1.807) is 7.11 Å². The number of hydrogen-bond donors (Lipinski definition) is 1. The summed E-state index contributed by atoms with van der Waals surface area (Å²) in [7, 11) is 1.57. The van der Waals surface area contributed by atoms with Crippen molar-refractivity contribution in [1.29, 1.82) is 0 Å². The van der Waals surface area contributed by atoms with E-state index in [1.807, 2.05) is 24.3 Å². The smallest absolute Gasteiger partial charge is 0.231 e. The van der Waals surface area contributed by atoms with Crippen molar-refractivity contribution < 1.29 is 9.26 Å². The van der Waals surface area contributed by atoms with E-state index >= 15 is 0 Å². The highest BCUT2D eigenvalue weighted by Crippen LogP contribution is 2.18. The summed E-state index contributed by atoms with van der Waals surface area (Å²) in [6.07, 6.45) is 0.492. The zero-order chi connectivity index (χ0) is 13.0. The van der Waals surface area contributed by atoms with Crippen LogP contribution in [-0.4, -0.2) is 23.9 Å². The monoisotopic (exact) mass is 267 g/mol. The van der Waals surface area contributed by atoms with E-state index in [2.05, 4.69) is 10.1 Å². The largest absolute Gasteiger partial charge is 0.383 e. The fourth-order valence-electron chi connectivity index (χ4n) is 1.55. The molecule has 0 amide bonds. The van der Waals surface area contributed by atoms with Crippen LogP contribution in [0.2, 0.25) is 5.02 Å². The van der Waals surface area contributed by atoms with Crippen LogP contribution < -0.4 is 5.73 Å². The van der Waals surface area contributed by atoms with Crippen LogP contribution >= 0.6 is 11.6 Å². The predicted molar refractivity (Wildman–Crippen MR) is 67.4 cm³/mol. The molecule has 0 saturated carbocycles. The highest BCUT2D eigenvalue weighted by atomic mass is 35.5. The number of ether oxygens (including phenoxy) is 1. The van der Waals surface area contributed by atoms with Crippen molar-refractivity contribution in [3.05, 3.63) is 46.6 Å². The Morgan fingerprint density at radius 2 is 2.22 bits per heavy atom. The van der Waals surface area contributed by atoms with Crippen molar-refractivity contribution in [3.63, 3.8) is 0 Å². The molecule has 1 atom stereocenters. The summed E-state index contributed by atoms with van der Waals surface area (Å²) in [5.41, 5.74) is 6.75. The van der Waals surface area contributed by atoms with E-state index in [-0.39, 0.29) is 6.04 Å². The van der Waals surface area contributed by atoms with Crippen molar-refractivity contribution >= 4 is 11.6 Å². The van der Waals surface area contributed by atoms with Crippen LogP contribution in [-0.2, 0) is 11.2 Å². The van der Waals surface area contributed by atoms with E-state index in [1.165, 1.54) is 0 Å². The second-order valence-electron chi connectivity index (χ2n) is 3.88. The van der Waals surface area contributed by atoms with Crippen LogP contribution in [0, 0.1) is 0 Å². The highest BCUT2D eigenvalue weighted by molar-refractivity contribution is 6.31. The molecule has 0 spiro atoms. The lowest BCUT2D eigenvalue weighted by Crippen LogP contribution is -2.17. The maximum Gasteiger partial charge on any atom is 0.231 e. The van der Waals surface area contributed by atoms with E-state index in [0.29, 0.717) is 29.8 Å². The zero-order valence-corrected chi connectivity index (χ0v) is 10.7. The molecule has 18 heavy (non-hydrogen) atoms. The van der Waals surface area contributed by atoms with Crippen molar-refractivity contribution in [2.75, 3.05) is 13.7 Å². The van der Waals surface area contributed by atoms with Crippen molar-refractivity contribution in [1.82, 2.24) is 10.1 Å². The number of hydrogen-bond acceptors (Lipinski definition) is 5. The average molecular weight is 268 g/mol. The predicted octanol–water partition coefficient (Wildman–Crippen LogP) is 1.96. The molecule has 0 aliphatic rings. The molecule has 2 N–H and O–H groups in total. The molecule has 5 nitrogen and oxygen atoms in total. The second-order valence-corrected chi connectivity index (χ2v) is 4.28. The minimum Gasteiger partial charge on any atom is -0.383 e. The molecule has 1 aromatic carbocycles. The number of halogens is 1. The molecule has 0 fully saturated rings. The Morgan fingerprint density at radius 1 is 1.44 bits per heavy atom. The highest BCUT2D eigenvalue weighted by Gasteiger charge is 2.14. The Hall–Kier alpha value is -1.43. The van der Waals surface area contributed by atoms with Crippen LogP contribution in [0.1, 0.15) is 23.3 Å². The Labute approximate surface area is 110 Å². The molecular formula is C12H14ClN3O2. The number of aromatic nitrogens is 2. The first-order valence-electron chi connectivity index (χ1n) is 5.51. The Kier molecular flexibility index (Phi) is 4.30. The number of nitrogens with zero attached hydrogens (tertiary/aromatic N) is 2. The molecule has 1 aromatic heterocycles. The minimum atomic E-state index is -0.376. The number of benzene rings is 1. The number of nitrogens with two attached hydrogens (primary N) is 1. The fraction of sp³-hybridized carbons (Fsp3) is 0.333. The van der Waals surface area contributed by atoms with E-state index in [4.69, 9.17) is 26.6 Å². The van der Waals surface area contributed by atoms with Gasteiger partial charge in [-0.15, -0.1) is 0 Å². The molecule has 0 radical (unpaired) electrons. The third-order valence-corrected chi connectivity index (χ3v) is 2.83. The molecule has 0 saturated heterocycles. The van der Waals surface area contributed by atoms with Gasteiger partial charge in [0.2, 0.25) is 5.89 Å². The van der Waals surface area contributed by atoms with Crippen LogP contribution in [0.5, 0.6) is 0 Å². The summed E-state index contributed by atoms with van der Waals surface area (Å²) >= 11 is 6.06. The van der Waals surface area contributed by atoms with E-state index < -0.39 is 0 Å². The maximum absolute atomic E-state index is 6.06. The number of methoxy groups -OCH3 is 1. The summed E-state index contributed by atoms with van der Waals surface area (Å²) in [6, 6.07) is 7.15. The normalized spacial score (nSPS) is 12.6. The first kappa shape index (κ1) is 13.0. The van der Waals surface area contributed by atoms with Gasteiger partial charge in [0.25, 0.3) is 0 Å².